The molecule has 0 aromatic heterocycles. The topological polar surface area (TPSA) is 157 Å². The van der Waals surface area contributed by atoms with E-state index in [1.165, 1.54) is 25.3 Å². The molecule has 240 valence electrons. The molecule has 4 aromatic rings. The second-order valence-electron chi connectivity index (χ2n) is 11.5. The van der Waals surface area contributed by atoms with Gasteiger partial charge in [-0.2, -0.15) is 0 Å². The van der Waals surface area contributed by atoms with E-state index < -0.39 is 24.2 Å². The first-order valence-electron chi connectivity index (χ1n) is 15.1. The molecule has 0 amide bonds. The van der Waals surface area contributed by atoms with E-state index in [0.29, 0.717) is 24.8 Å². The Bertz CT molecular complexity index is 1660. The van der Waals surface area contributed by atoms with E-state index >= 15 is 0 Å². The molecule has 9 nitrogen and oxygen atoms in total. The minimum absolute atomic E-state index is 0.00237. The molecule has 0 aliphatic carbocycles. The van der Waals surface area contributed by atoms with Crippen LogP contribution in [-0.2, 0) is 6.42 Å². The van der Waals surface area contributed by atoms with Gasteiger partial charge in [-0.15, -0.1) is 0 Å². The molecule has 1 heterocycles. The number of aromatic hydroxyl groups is 4. The van der Waals surface area contributed by atoms with E-state index in [1.807, 2.05) is 24.3 Å². The minimum atomic E-state index is -1.28. The van der Waals surface area contributed by atoms with E-state index in [1.54, 1.807) is 48.5 Å². The third-order valence-corrected chi connectivity index (χ3v) is 8.27. The van der Waals surface area contributed by atoms with Crippen molar-refractivity contribution in [1.82, 2.24) is 0 Å². The second-order valence-corrected chi connectivity index (χ2v) is 11.5. The highest BCUT2D eigenvalue weighted by atomic mass is 16.5. The first-order valence-corrected chi connectivity index (χ1v) is 15.1. The number of benzene rings is 4. The van der Waals surface area contributed by atoms with Crippen LogP contribution in [0.15, 0.2) is 91.0 Å². The van der Waals surface area contributed by atoms with Crippen LogP contribution in [0.3, 0.4) is 0 Å². The zero-order chi connectivity index (χ0) is 32.8. The fraction of sp³-hybridized carbons (Fsp3) is 0.270. The quantitative estimate of drug-likeness (QED) is 0.0983. The van der Waals surface area contributed by atoms with Crippen LogP contribution in [0.25, 0.3) is 0 Å². The number of aliphatic hydroxyl groups excluding tert-OH is 2. The highest BCUT2D eigenvalue weighted by Gasteiger charge is 2.36. The van der Waals surface area contributed by atoms with Crippen molar-refractivity contribution < 1.29 is 44.9 Å². The van der Waals surface area contributed by atoms with Crippen molar-refractivity contribution in [2.45, 2.75) is 56.3 Å². The third-order valence-electron chi connectivity index (χ3n) is 8.27. The van der Waals surface area contributed by atoms with Gasteiger partial charge in [-0.1, -0.05) is 48.6 Å². The van der Waals surface area contributed by atoms with Crippen LogP contribution in [0.5, 0.6) is 34.5 Å². The monoisotopic (exact) mass is 626 g/mol. The number of hydrogen-bond acceptors (Lipinski definition) is 9. The molecule has 4 aromatic carbocycles. The largest absolute Gasteiger partial charge is 0.508 e. The van der Waals surface area contributed by atoms with Crippen LogP contribution in [0.2, 0.25) is 0 Å². The number of aliphatic hydroxyl groups is 2. The number of hydrogen-bond donors (Lipinski definition) is 6. The number of allylic oxidation sites excluding steroid dienone is 1. The predicted octanol–water partition coefficient (Wildman–Crippen LogP) is 6.37. The molecule has 46 heavy (non-hydrogen) atoms. The highest BCUT2D eigenvalue weighted by Crippen LogP contribution is 2.49. The Morgan fingerprint density at radius 2 is 1.50 bits per heavy atom. The van der Waals surface area contributed by atoms with Crippen molar-refractivity contribution >= 4 is 5.78 Å². The SMILES string of the molecule is COc1cc(O)c([C@@H](O)C[C@H](/C=C/C[C@@H](O)CCc2ccc(O)cc2)c2ccc(O)cc2)c2c1C(=O)C[C@@H](c1ccc(O)cc1)O2. The molecule has 5 rings (SSSR count). The summed E-state index contributed by atoms with van der Waals surface area (Å²) in [6.07, 6.45) is 2.70. The minimum Gasteiger partial charge on any atom is -0.508 e. The summed E-state index contributed by atoms with van der Waals surface area (Å²) in [6.45, 7) is 0. The standard InChI is InChI=1S/C37H38O9/c1-45-34-21-31(43)35(37-36(34)32(44)20-33(46-37)24-10-17-29(41)18-11-24)30(42)19-25(23-8-15-28(40)16-9-23)3-2-4-26(38)12-5-22-6-13-27(39)14-7-22/h2-3,6-11,13-18,21,25-26,30,33,38-43H,4-5,12,19-20H2,1H3/b3-2+/t25-,26+,30-,33-/m0/s1. The molecule has 0 spiro atoms. The lowest BCUT2D eigenvalue weighted by molar-refractivity contribution is 0.0826. The van der Waals surface area contributed by atoms with Crippen molar-refractivity contribution in [2.24, 2.45) is 0 Å². The Balaban J connectivity index is 1.39. The van der Waals surface area contributed by atoms with Crippen LogP contribution < -0.4 is 9.47 Å². The molecular formula is C37H38O9. The van der Waals surface area contributed by atoms with Crippen LogP contribution >= 0.6 is 0 Å². The summed E-state index contributed by atoms with van der Waals surface area (Å²) in [5.41, 5.74) is 2.62. The first kappa shape index (κ1) is 32.4. The summed E-state index contributed by atoms with van der Waals surface area (Å²) >= 11 is 0. The maximum Gasteiger partial charge on any atom is 0.174 e. The molecule has 4 atom stereocenters. The number of rotatable bonds is 12. The molecule has 1 aliphatic heterocycles. The smallest absolute Gasteiger partial charge is 0.174 e. The molecule has 0 fully saturated rings. The summed E-state index contributed by atoms with van der Waals surface area (Å²) < 4.78 is 11.7. The zero-order valence-corrected chi connectivity index (χ0v) is 25.4. The van der Waals surface area contributed by atoms with Gasteiger partial charge in [0.15, 0.2) is 5.78 Å². The predicted molar refractivity (Wildman–Crippen MR) is 172 cm³/mol. The van der Waals surface area contributed by atoms with Gasteiger partial charge in [-0.05, 0) is 78.8 Å². The molecule has 9 heteroatoms. The fourth-order valence-corrected chi connectivity index (χ4v) is 5.75. The Kier molecular flexibility index (Phi) is 10.1. The lowest BCUT2D eigenvalue weighted by Crippen LogP contribution is -2.23. The van der Waals surface area contributed by atoms with Crippen molar-refractivity contribution in [2.75, 3.05) is 7.11 Å². The van der Waals surface area contributed by atoms with Gasteiger partial charge in [0.1, 0.15) is 46.2 Å². The number of methoxy groups -OCH3 is 1. The van der Waals surface area contributed by atoms with Gasteiger partial charge in [0.2, 0.25) is 0 Å². The molecular weight excluding hydrogens is 588 g/mol. The van der Waals surface area contributed by atoms with E-state index in [2.05, 4.69) is 0 Å². The number of ketones is 1. The van der Waals surface area contributed by atoms with Crippen LogP contribution in [0.4, 0.5) is 0 Å². The van der Waals surface area contributed by atoms with E-state index in [4.69, 9.17) is 9.47 Å². The number of carbonyl (C=O) groups excluding carboxylic acids is 1. The van der Waals surface area contributed by atoms with Gasteiger partial charge < -0.3 is 40.1 Å². The number of phenolic OH excluding ortho intramolecular Hbond substituents is 4. The van der Waals surface area contributed by atoms with Gasteiger partial charge >= 0.3 is 0 Å². The summed E-state index contributed by atoms with van der Waals surface area (Å²) in [5.74, 6) is -0.449. The Morgan fingerprint density at radius 1 is 0.891 bits per heavy atom. The molecule has 0 bridgehead atoms. The average molecular weight is 627 g/mol. The number of carbonyl (C=O) groups is 1. The number of phenols is 4. The summed E-state index contributed by atoms with van der Waals surface area (Å²) in [7, 11) is 1.38. The fourth-order valence-electron chi connectivity index (χ4n) is 5.75. The molecule has 1 aliphatic rings. The number of aryl methyl sites for hydroxylation is 1. The molecule has 0 saturated heterocycles. The normalized spacial score (nSPS) is 16.4. The van der Waals surface area contributed by atoms with Crippen molar-refractivity contribution in [3.63, 3.8) is 0 Å². The maximum atomic E-state index is 13.4. The summed E-state index contributed by atoms with van der Waals surface area (Å²) in [5, 5.41) is 62.5. The number of ether oxygens (including phenoxy) is 2. The van der Waals surface area contributed by atoms with Crippen LogP contribution in [-0.4, -0.2) is 49.6 Å². The number of Topliss-reactive ketones (excluding diaryl/α,β-unsaturated/α-hetero) is 1. The Labute approximate surface area is 267 Å². The van der Waals surface area contributed by atoms with Crippen molar-refractivity contribution in [1.29, 1.82) is 0 Å². The Hall–Kier alpha value is -4.99. The lowest BCUT2D eigenvalue weighted by Gasteiger charge is -2.30. The summed E-state index contributed by atoms with van der Waals surface area (Å²) in [6, 6.07) is 21.0. The van der Waals surface area contributed by atoms with Gasteiger partial charge in [0, 0.05) is 12.0 Å². The molecule has 0 radical (unpaired) electrons. The first-order chi connectivity index (χ1) is 22.1. The van der Waals surface area contributed by atoms with Gasteiger partial charge in [-0.3, -0.25) is 4.79 Å². The number of fused-ring (bicyclic) bond motifs is 1. The van der Waals surface area contributed by atoms with Crippen molar-refractivity contribution in [3.05, 3.63) is 119 Å². The highest BCUT2D eigenvalue weighted by molar-refractivity contribution is 6.03. The van der Waals surface area contributed by atoms with Crippen LogP contribution in [0, 0.1) is 0 Å². The molecule has 0 saturated carbocycles. The zero-order valence-electron chi connectivity index (χ0n) is 25.4. The van der Waals surface area contributed by atoms with E-state index in [-0.39, 0.29) is 64.2 Å². The Morgan fingerprint density at radius 3 is 2.13 bits per heavy atom. The van der Waals surface area contributed by atoms with E-state index in [0.717, 1.165) is 11.1 Å². The third kappa shape index (κ3) is 7.62. The second kappa shape index (κ2) is 14.4. The van der Waals surface area contributed by atoms with Gasteiger partial charge in [0.25, 0.3) is 0 Å². The average Bonchev–Trinajstić information content (AvgIpc) is 3.04. The lowest BCUT2D eigenvalue weighted by atomic mass is 9.86. The van der Waals surface area contributed by atoms with Crippen LogP contribution in [0.1, 0.15) is 76.4 Å². The van der Waals surface area contributed by atoms with E-state index in [9.17, 15) is 35.4 Å². The molecule has 0 unspecified atom stereocenters. The summed E-state index contributed by atoms with van der Waals surface area (Å²) in [4.78, 5) is 13.4. The van der Waals surface area contributed by atoms with Gasteiger partial charge in [0.05, 0.1) is 31.3 Å². The molecule has 6 N–H and O–H groups in total. The van der Waals surface area contributed by atoms with Gasteiger partial charge in [-0.25, -0.2) is 0 Å². The maximum absolute atomic E-state index is 13.4. The van der Waals surface area contributed by atoms with Crippen molar-refractivity contribution in [3.8, 4) is 34.5 Å².